The Hall–Kier alpha value is -1.98. The molecule has 0 bridgehead atoms. The van der Waals surface area contributed by atoms with Crippen LogP contribution in [0.4, 0.5) is 5.69 Å². The van der Waals surface area contributed by atoms with Gasteiger partial charge in [0.25, 0.3) is 0 Å². The molecule has 2 heterocycles. The number of aromatic nitrogens is 1. The van der Waals surface area contributed by atoms with Crippen LogP contribution in [0, 0.1) is 0 Å². The van der Waals surface area contributed by atoms with E-state index in [0.29, 0.717) is 11.8 Å². The van der Waals surface area contributed by atoms with Crippen molar-refractivity contribution >= 4 is 17.3 Å². The lowest BCUT2D eigenvalue weighted by molar-refractivity contribution is 0.244. The molecule has 0 radical (unpaired) electrons. The molecule has 0 aliphatic carbocycles. The zero-order valence-electron chi connectivity index (χ0n) is 14.0. The van der Waals surface area contributed by atoms with Crippen LogP contribution in [0.2, 0.25) is 5.02 Å². The zero-order valence-corrected chi connectivity index (χ0v) is 14.8. The van der Waals surface area contributed by atoms with Crippen molar-refractivity contribution in [3.05, 3.63) is 47.0 Å². The third kappa shape index (κ3) is 3.91. The number of hydrogen-bond acceptors (Lipinski definition) is 5. The summed E-state index contributed by atoms with van der Waals surface area (Å²) in [5, 5.41) is 0.775. The van der Waals surface area contributed by atoms with Crippen molar-refractivity contribution in [1.82, 2.24) is 9.88 Å². The second kappa shape index (κ2) is 7.73. The molecule has 1 aliphatic heterocycles. The smallest absolute Gasteiger partial charge is 0.220 e. The minimum absolute atomic E-state index is 0.572. The summed E-state index contributed by atoms with van der Waals surface area (Å²) in [6, 6.07) is 11.9. The number of nitrogens with zero attached hydrogens (tertiary/aromatic N) is 3. The molecule has 1 aromatic carbocycles. The fourth-order valence-electron chi connectivity index (χ4n) is 2.92. The van der Waals surface area contributed by atoms with Crippen LogP contribution in [0.15, 0.2) is 36.4 Å². The standard InChI is InChI=1S/C18H22ClN3O2/c1-23-17-8-3-14(18(20-17)24-2)13-21-9-11-22(12-10-21)16-6-4-15(19)5-7-16/h3-8H,9-13H2,1-2H3. The van der Waals surface area contributed by atoms with Crippen LogP contribution in [-0.2, 0) is 6.54 Å². The lowest BCUT2D eigenvalue weighted by Crippen LogP contribution is -2.46. The fourth-order valence-corrected chi connectivity index (χ4v) is 3.05. The van der Waals surface area contributed by atoms with E-state index in [2.05, 4.69) is 26.9 Å². The molecule has 3 rings (SSSR count). The number of anilines is 1. The van der Waals surface area contributed by atoms with Crippen LogP contribution < -0.4 is 14.4 Å². The Balaban J connectivity index is 1.60. The molecule has 0 atom stereocenters. The molecule has 0 amide bonds. The number of ether oxygens (including phenoxy) is 2. The maximum atomic E-state index is 5.96. The molecule has 0 N–H and O–H groups in total. The number of halogens is 1. The summed E-state index contributed by atoms with van der Waals surface area (Å²) >= 11 is 5.96. The quantitative estimate of drug-likeness (QED) is 0.831. The molecule has 0 spiro atoms. The van der Waals surface area contributed by atoms with Gasteiger partial charge >= 0.3 is 0 Å². The van der Waals surface area contributed by atoms with Crippen LogP contribution in [0.3, 0.4) is 0 Å². The second-order valence-electron chi connectivity index (χ2n) is 5.76. The van der Waals surface area contributed by atoms with Gasteiger partial charge in [-0.15, -0.1) is 0 Å². The number of piperazine rings is 1. The Labute approximate surface area is 147 Å². The molecule has 128 valence electrons. The molecule has 1 saturated heterocycles. The SMILES string of the molecule is COc1ccc(CN2CCN(c3ccc(Cl)cc3)CC2)c(OC)n1. The Morgan fingerprint density at radius 3 is 2.29 bits per heavy atom. The van der Waals surface area contributed by atoms with E-state index in [9.17, 15) is 0 Å². The summed E-state index contributed by atoms with van der Waals surface area (Å²) in [6.07, 6.45) is 0. The number of methoxy groups -OCH3 is 2. The highest BCUT2D eigenvalue weighted by molar-refractivity contribution is 6.30. The topological polar surface area (TPSA) is 37.8 Å². The van der Waals surface area contributed by atoms with Crippen LogP contribution >= 0.6 is 11.6 Å². The number of benzene rings is 1. The maximum absolute atomic E-state index is 5.96. The monoisotopic (exact) mass is 347 g/mol. The molecule has 5 nitrogen and oxygen atoms in total. The van der Waals surface area contributed by atoms with E-state index in [1.807, 2.05) is 24.3 Å². The van der Waals surface area contributed by atoms with Crippen LogP contribution in [0.1, 0.15) is 5.56 Å². The first-order chi connectivity index (χ1) is 11.7. The highest BCUT2D eigenvalue weighted by atomic mass is 35.5. The third-order valence-corrected chi connectivity index (χ3v) is 4.53. The summed E-state index contributed by atoms with van der Waals surface area (Å²) in [5.41, 5.74) is 2.31. The molecule has 6 heteroatoms. The number of hydrogen-bond donors (Lipinski definition) is 0. The first-order valence-corrected chi connectivity index (χ1v) is 8.38. The van der Waals surface area contributed by atoms with E-state index in [1.165, 1.54) is 5.69 Å². The van der Waals surface area contributed by atoms with Crippen molar-refractivity contribution in [3.63, 3.8) is 0 Å². The van der Waals surface area contributed by atoms with E-state index in [0.717, 1.165) is 43.3 Å². The summed E-state index contributed by atoms with van der Waals surface area (Å²) in [4.78, 5) is 9.15. The predicted molar refractivity (Wildman–Crippen MR) is 96.3 cm³/mol. The van der Waals surface area contributed by atoms with E-state index in [4.69, 9.17) is 21.1 Å². The molecule has 1 fully saturated rings. The Bertz CT molecular complexity index is 670. The maximum Gasteiger partial charge on any atom is 0.220 e. The zero-order chi connectivity index (χ0) is 16.9. The van der Waals surface area contributed by atoms with Crippen molar-refractivity contribution in [1.29, 1.82) is 0 Å². The van der Waals surface area contributed by atoms with Crippen molar-refractivity contribution in [3.8, 4) is 11.8 Å². The van der Waals surface area contributed by atoms with Gasteiger partial charge in [-0.3, -0.25) is 4.90 Å². The Kier molecular flexibility index (Phi) is 5.43. The Morgan fingerprint density at radius 1 is 0.958 bits per heavy atom. The van der Waals surface area contributed by atoms with Gasteiger partial charge in [0, 0.05) is 55.1 Å². The average molecular weight is 348 g/mol. The third-order valence-electron chi connectivity index (χ3n) is 4.27. The molecular weight excluding hydrogens is 326 g/mol. The molecule has 2 aromatic rings. The highest BCUT2D eigenvalue weighted by Crippen LogP contribution is 2.23. The predicted octanol–water partition coefficient (Wildman–Crippen LogP) is 3.07. The van der Waals surface area contributed by atoms with Crippen molar-refractivity contribution < 1.29 is 9.47 Å². The van der Waals surface area contributed by atoms with Gasteiger partial charge in [0.2, 0.25) is 11.8 Å². The van der Waals surface area contributed by atoms with Crippen LogP contribution in [0.5, 0.6) is 11.8 Å². The molecular formula is C18H22ClN3O2. The molecule has 0 saturated carbocycles. The van der Waals surface area contributed by atoms with Gasteiger partial charge in [0.05, 0.1) is 14.2 Å². The van der Waals surface area contributed by atoms with Crippen LogP contribution in [0.25, 0.3) is 0 Å². The normalized spacial score (nSPS) is 15.4. The minimum Gasteiger partial charge on any atom is -0.481 e. The average Bonchev–Trinajstić information content (AvgIpc) is 2.63. The molecule has 24 heavy (non-hydrogen) atoms. The largest absolute Gasteiger partial charge is 0.481 e. The van der Waals surface area contributed by atoms with E-state index < -0.39 is 0 Å². The molecule has 0 unspecified atom stereocenters. The lowest BCUT2D eigenvalue weighted by atomic mass is 10.2. The van der Waals surface area contributed by atoms with Crippen molar-refractivity contribution in [2.24, 2.45) is 0 Å². The Morgan fingerprint density at radius 2 is 1.67 bits per heavy atom. The summed E-state index contributed by atoms with van der Waals surface area (Å²) in [5.74, 6) is 1.21. The lowest BCUT2D eigenvalue weighted by Gasteiger charge is -2.36. The number of pyridine rings is 1. The van der Waals surface area contributed by atoms with Gasteiger partial charge in [-0.1, -0.05) is 11.6 Å². The van der Waals surface area contributed by atoms with Gasteiger partial charge < -0.3 is 14.4 Å². The summed E-state index contributed by atoms with van der Waals surface area (Å²) in [7, 11) is 3.25. The van der Waals surface area contributed by atoms with Gasteiger partial charge in [0.15, 0.2) is 0 Å². The van der Waals surface area contributed by atoms with Crippen molar-refractivity contribution in [2.45, 2.75) is 6.54 Å². The molecule has 1 aromatic heterocycles. The van der Waals surface area contributed by atoms with Gasteiger partial charge in [-0.05, 0) is 30.3 Å². The van der Waals surface area contributed by atoms with Gasteiger partial charge in [-0.2, -0.15) is 4.98 Å². The molecule has 1 aliphatic rings. The van der Waals surface area contributed by atoms with E-state index in [-0.39, 0.29) is 0 Å². The van der Waals surface area contributed by atoms with Crippen LogP contribution in [-0.4, -0.2) is 50.3 Å². The minimum atomic E-state index is 0.572. The first kappa shape index (κ1) is 16.9. The van der Waals surface area contributed by atoms with E-state index >= 15 is 0 Å². The van der Waals surface area contributed by atoms with Gasteiger partial charge in [-0.25, -0.2) is 0 Å². The second-order valence-corrected chi connectivity index (χ2v) is 6.20. The van der Waals surface area contributed by atoms with E-state index in [1.54, 1.807) is 14.2 Å². The summed E-state index contributed by atoms with van der Waals surface area (Å²) < 4.78 is 10.5. The highest BCUT2D eigenvalue weighted by Gasteiger charge is 2.19. The van der Waals surface area contributed by atoms with Crippen molar-refractivity contribution in [2.75, 3.05) is 45.3 Å². The van der Waals surface area contributed by atoms with Gasteiger partial charge in [0.1, 0.15) is 0 Å². The fraction of sp³-hybridized carbons (Fsp3) is 0.389. The first-order valence-electron chi connectivity index (χ1n) is 8.00. The number of rotatable bonds is 5. The summed E-state index contributed by atoms with van der Waals surface area (Å²) in [6.45, 7) is 4.81.